The Hall–Kier alpha value is -0.610. The minimum Gasteiger partial charge on any atom is -0.393 e. The summed E-state index contributed by atoms with van der Waals surface area (Å²) < 4.78 is 0. The van der Waals surface area contributed by atoms with Crippen molar-refractivity contribution in [2.75, 3.05) is 19.6 Å². The van der Waals surface area contributed by atoms with Crippen LogP contribution in [0.5, 0.6) is 0 Å². The van der Waals surface area contributed by atoms with Gasteiger partial charge in [-0.2, -0.15) is 0 Å². The Labute approximate surface area is 110 Å². The lowest BCUT2D eigenvalue weighted by Crippen LogP contribution is -2.39. The highest BCUT2D eigenvalue weighted by atomic mass is 16.3. The number of hydrogen-bond donors (Lipinski definition) is 2. The summed E-state index contributed by atoms with van der Waals surface area (Å²) in [7, 11) is 0. The van der Waals surface area contributed by atoms with Crippen LogP contribution in [0, 0.1) is 11.8 Å². The summed E-state index contributed by atoms with van der Waals surface area (Å²) in [6.07, 6.45) is 2.38. The Morgan fingerprint density at radius 2 is 2.06 bits per heavy atom. The quantitative estimate of drug-likeness (QED) is 0.790. The lowest BCUT2D eigenvalue weighted by Gasteiger charge is -2.22. The van der Waals surface area contributed by atoms with E-state index in [-0.39, 0.29) is 17.6 Å². The molecule has 0 aromatic rings. The van der Waals surface area contributed by atoms with Gasteiger partial charge in [0.1, 0.15) is 0 Å². The van der Waals surface area contributed by atoms with Gasteiger partial charge in [-0.25, -0.2) is 0 Å². The molecule has 104 valence electrons. The van der Waals surface area contributed by atoms with Crippen LogP contribution in [0.15, 0.2) is 0 Å². The van der Waals surface area contributed by atoms with Gasteiger partial charge in [-0.15, -0.1) is 0 Å². The molecule has 1 aliphatic carbocycles. The Bertz CT molecular complexity index is 311. The third-order valence-corrected chi connectivity index (χ3v) is 4.17. The number of aliphatic hydroxyl groups excluding tert-OH is 1. The molecule has 0 aromatic heterocycles. The first-order chi connectivity index (χ1) is 8.37. The number of nitrogens with zero attached hydrogens (tertiary/aromatic N) is 1. The molecule has 1 heterocycles. The van der Waals surface area contributed by atoms with Gasteiger partial charge in [0.05, 0.1) is 6.10 Å². The number of amides is 1. The monoisotopic (exact) mass is 254 g/mol. The number of carbonyl (C=O) groups is 1. The smallest absolute Gasteiger partial charge is 0.223 e. The number of carbonyl (C=O) groups excluding carboxylic acids is 1. The largest absolute Gasteiger partial charge is 0.393 e. The van der Waals surface area contributed by atoms with Crippen molar-refractivity contribution in [1.82, 2.24) is 10.2 Å². The van der Waals surface area contributed by atoms with Crippen LogP contribution in [0.1, 0.15) is 40.0 Å². The number of rotatable bonds is 3. The molecule has 0 spiro atoms. The molecule has 2 rings (SSSR count). The molecule has 3 atom stereocenters. The van der Waals surface area contributed by atoms with Crippen molar-refractivity contribution >= 4 is 5.91 Å². The van der Waals surface area contributed by atoms with Crippen LogP contribution >= 0.6 is 0 Å². The molecular formula is C14H26N2O2. The Kier molecular flexibility index (Phi) is 3.97. The zero-order valence-corrected chi connectivity index (χ0v) is 11.8. The summed E-state index contributed by atoms with van der Waals surface area (Å²) in [6, 6.07) is 0. The fourth-order valence-corrected chi connectivity index (χ4v) is 3.14. The lowest BCUT2D eigenvalue weighted by atomic mass is 10.00. The number of nitrogens with one attached hydrogen (secondary N) is 1. The van der Waals surface area contributed by atoms with Crippen LogP contribution in [0.2, 0.25) is 0 Å². The van der Waals surface area contributed by atoms with E-state index in [1.54, 1.807) is 0 Å². The van der Waals surface area contributed by atoms with Crippen LogP contribution in [0.4, 0.5) is 0 Å². The molecule has 18 heavy (non-hydrogen) atoms. The van der Waals surface area contributed by atoms with Gasteiger partial charge >= 0.3 is 0 Å². The third kappa shape index (κ3) is 3.23. The van der Waals surface area contributed by atoms with Crippen LogP contribution in [-0.4, -0.2) is 47.2 Å². The van der Waals surface area contributed by atoms with Crippen molar-refractivity contribution in [1.29, 1.82) is 0 Å². The van der Waals surface area contributed by atoms with E-state index in [1.807, 2.05) is 4.90 Å². The topological polar surface area (TPSA) is 52.6 Å². The number of aliphatic hydroxyl groups is 1. The van der Waals surface area contributed by atoms with E-state index in [9.17, 15) is 9.90 Å². The van der Waals surface area contributed by atoms with Gasteiger partial charge in [-0.05, 0) is 39.5 Å². The highest BCUT2D eigenvalue weighted by Gasteiger charge is 2.42. The second-order valence-electron chi connectivity index (χ2n) is 6.79. The molecule has 2 N–H and O–H groups in total. The summed E-state index contributed by atoms with van der Waals surface area (Å²) in [6.45, 7) is 8.67. The Balaban J connectivity index is 1.75. The average molecular weight is 254 g/mol. The van der Waals surface area contributed by atoms with Gasteiger partial charge in [0.25, 0.3) is 0 Å². The number of fused-ring (bicyclic) bond motifs is 1. The predicted molar refractivity (Wildman–Crippen MR) is 71.2 cm³/mol. The van der Waals surface area contributed by atoms with E-state index in [4.69, 9.17) is 0 Å². The number of hydrogen-bond acceptors (Lipinski definition) is 3. The summed E-state index contributed by atoms with van der Waals surface area (Å²) in [4.78, 5) is 14.0. The first-order valence-corrected chi connectivity index (χ1v) is 7.08. The molecule has 3 unspecified atom stereocenters. The van der Waals surface area contributed by atoms with Crippen LogP contribution < -0.4 is 5.32 Å². The predicted octanol–water partition coefficient (Wildman–Crippen LogP) is 0.994. The summed E-state index contributed by atoms with van der Waals surface area (Å²) in [5.41, 5.74) is 0.0675. The SMILES string of the molecule is CC(C)(C)NCCC(=O)N1CC2CCC(O)C2C1. The van der Waals surface area contributed by atoms with Gasteiger partial charge < -0.3 is 15.3 Å². The minimum absolute atomic E-state index is 0.0675. The maximum absolute atomic E-state index is 12.1. The van der Waals surface area contributed by atoms with Crippen LogP contribution in [-0.2, 0) is 4.79 Å². The maximum atomic E-state index is 12.1. The molecule has 0 bridgehead atoms. The molecule has 1 saturated heterocycles. The summed E-state index contributed by atoms with van der Waals surface area (Å²) in [5, 5.41) is 13.2. The van der Waals surface area contributed by atoms with Gasteiger partial charge in [-0.1, -0.05) is 0 Å². The van der Waals surface area contributed by atoms with Crippen LogP contribution in [0.3, 0.4) is 0 Å². The zero-order valence-electron chi connectivity index (χ0n) is 11.8. The Morgan fingerprint density at radius 1 is 1.33 bits per heavy atom. The molecule has 0 aromatic carbocycles. The molecule has 0 radical (unpaired) electrons. The van der Waals surface area contributed by atoms with Gasteiger partial charge in [0.2, 0.25) is 5.91 Å². The van der Waals surface area contributed by atoms with Crippen LogP contribution in [0.25, 0.3) is 0 Å². The molecule has 1 amide bonds. The van der Waals surface area contributed by atoms with E-state index >= 15 is 0 Å². The van der Waals surface area contributed by atoms with Crippen molar-refractivity contribution < 1.29 is 9.90 Å². The highest BCUT2D eigenvalue weighted by Crippen LogP contribution is 2.38. The normalized spacial score (nSPS) is 31.8. The highest BCUT2D eigenvalue weighted by molar-refractivity contribution is 5.76. The number of likely N-dealkylation sites (tertiary alicyclic amines) is 1. The van der Waals surface area contributed by atoms with Crippen molar-refractivity contribution in [3.8, 4) is 0 Å². The first-order valence-electron chi connectivity index (χ1n) is 7.08. The van der Waals surface area contributed by atoms with E-state index in [0.717, 1.165) is 32.5 Å². The molecule has 1 aliphatic heterocycles. The molecule has 4 heteroatoms. The second-order valence-corrected chi connectivity index (χ2v) is 6.79. The van der Waals surface area contributed by atoms with Crippen molar-refractivity contribution in [3.05, 3.63) is 0 Å². The average Bonchev–Trinajstić information content (AvgIpc) is 2.79. The summed E-state index contributed by atoms with van der Waals surface area (Å²) >= 11 is 0. The molecular weight excluding hydrogens is 228 g/mol. The zero-order chi connectivity index (χ0) is 13.3. The van der Waals surface area contributed by atoms with Gasteiger partial charge in [0, 0.05) is 37.5 Å². The minimum atomic E-state index is -0.180. The van der Waals surface area contributed by atoms with E-state index < -0.39 is 0 Å². The van der Waals surface area contributed by atoms with E-state index in [2.05, 4.69) is 26.1 Å². The molecule has 4 nitrogen and oxygen atoms in total. The Morgan fingerprint density at radius 3 is 2.67 bits per heavy atom. The van der Waals surface area contributed by atoms with E-state index in [1.165, 1.54) is 0 Å². The van der Waals surface area contributed by atoms with Gasteiger partial charge in [0.15, 0.2) is 0 Å². The van der Waals surface area contributed by atoms with Crippen molar-refractivity contribution in [3.63, 3.8) is 0 Å². The maximum Gasteiger partial charge on any atom is 0.223 e. The fraction of sp³-hybridized carbons (Fsp3) is 0.929. The molecule has 1 saturated carbocycles. The molecule has 2 aliphatic rings. The fourth-order valence-electron chi connectivity index (χ4n) is 3.14. The summed E-state index contributed by atoms with van der Waals surface area (Å²) in [5.74, 6) is 1.11. The van der Waals surface area contributed by atoms with Crippen molar-refractivity contribution in [2.24, 2.45) is 11.8 Å². The third-order valence-electron chi connectivity index (χ3n) is 4.17. The van der Waals surface area contributed by atoms with Crippen molar-refractivity contribution in [2.45, 2.75) is 51.7 Å². The van der Waals surface area contributed by atoms with E-state index in [0.29, 0.717) is 18.3 Å². The molecule has 2 fully saturated rings. The lowest BCUT2D eigenvalue weighted by molar-refractivity contribution is -0.130. The first kappa shape index (κ1) is 13.8. The second kappa shape index (κ2) is 5.17. The standard InChI is InChI=1S/C14H26N2O2/c1-14(2,3)15-7-6-13(18)16-8-10-4-5-12(17)11(10)9-16/h10-12,15,17H,4-9H2,1-3H3. The van der Waals surface area contributed by atoms with Gasteiger partial charge in [-0.3, -0.25) is 4.79 Å².